The molecule has 0 spiro atoms. The smallest absolute Gasteiger partial charge is 0.198 e. The van der Waals surface area contributed by atoms with Crippen LogP contribution in [-0.4, -0.2) is 16.5 Å². The molecule has 0 saturated heterocycles. The predicted molar refractivity (Wildman–Crippen MR) is 101 cm³/mol. The van der Waals surface area contributed by atoms with Gasteiger partial charge in [0.2, 0.25) is 0 Å². The molecule has 114 valence electrons. The Kier molecular flexibility index (Phi) is 6.49. The fourth-order valence-electron chi connectivity index (χ4n) is 1.82. The maximum absolute atomic E-state index is 5.65. The number of rotatable bonds is 6. The maximum atomic E-state index is 5.65. The van der Waals surface area contributed by atoms with Crippen molar-refractivity contribution in [2.24, 2.45) is 0 Å². The first kappa shape index (κ1) is 17.2. The van der Waals surface area contributed by atoms with Crippen LogP contribution in [0.25, 0.3) is 11.6 Å². The number of hydrogen-bond acceptors (Lipinski definition) is 4. The summed E-state index contributed by atoms with van der Waals surface area (Å²) in [5.41, 5.74) is 1.06. The quantitative estimate of drug-likeness (QED) is 0.493. The van der Waals surface area contributed by atoms with Gasteiger partial charge in [0, 0.05) is 12.6 Å². The Morgan fingerprint density at radius 1 is 1.24 bits per heavy atom. The third kappa shape index (κ3) is 4.19. The molecule has 0 saturated carbocycles. The van der Waals surface area contributed by atoms with Crippen molar-refractivity contribution in [1.29, 1.82) is 0 Å². The molecule has 2 aromatic heterocycles. The lowest BCUT2D eigenvalue weighted by atomic mass is 10.2. The molecule has 2 heterocycles. The van der Waals surface area contributed by atoms with Gasteiger partial charge in [-0.1, -0.05) is 20.3 Å². The molecular weight excluding hydrogens is 513 g/mol. The SMILES string of the molecule is CCCNc1nc(-c2cc(Br)c(Br)o2)nc(CCC)c1I. The van der Waals surface area contributed by atoms with Gasteiger partial charge in [0.1, 0.15) is 5.82 Å². The van der Waals surface area contributed by atoms with Crippen LogP contribution in [0.5, 0.6) is 0 Å². The minimum atomic E-state index is 0.615. The van der Waals surface area contributed by atoms with Crippen LogP contribution in [0.15, 0.2) is 19.6 Å². The van der Waals surface area contributed by atoms with Gasteiger partial charge in [-0.25, -0.2) is 9.97 Å². The summed E-state index contributed by atoms with van der Waals surface area (Å²) in [7, 11) is 0. The molecule has 0 radical (unpaired) electrons. The second kappa shape index (κ2) is 7.92. The van der Waals surface area contributed by atoms with E-state index in [0.717, 1.165) is 45.4 Å². The Morgan fingerprint density at radius 3 is 2.57 bits per heavy atom. The highest BCUT2D eigenvalue weighted by molar-refractivity contribution is 14.1. The van der Waals surface area contributed by atoms with Crippen LogP contribution >= 0.6 is 54.5 Å². The summed E-state index contributed by atoms with van der Waals surface area (Å²) in [5, 5.41) is 3.37. The molecule has 7 heteroatoms. The van der Waals surface area contributed by atoms with Gasteiger partial charge in [-0.05, 0) is 67.3 Å². The summed E-state index contributed by atoms with van der Waals surface area (Å²) in [6.07, 6.45) is 3.03. The first-order chi connectivity index (χ1) is 10.1. The van der Waals surface area contributed by atoms with E-state index in [1.54, 1.807) is 0 Å². The Balaban J connectivity index is 2.47. The number of anilines is 1. The molecule has 0 unspecified atom stereocenters. The second-order valence-corrected chi connectivity index (χ2v) is 7.22. The van der Waals surface area contributed by atoms with E-state index >= 15 is 0 Å². The van der Waals surface area contributed by atoms with Gasteiger partial charge >= 0.3 is 0 Å². The Morgan fingerprint density at radius 2 is 2.00 bits per heavy atom. The molecule has 21 heavy (non-hydrogen) atoms. The standard InChI is InChI=1S/C14H16Br2IN3O/c1-3-5-9-11(17)14(18-6-4-2)20-13(19-9)10-7-8(15)12(16)21-10/h7H,3-6H2,1-2H3,(H,18,19,20). The monoisotopic (exact) mass is 527 g/mol. The average Bonchev–Trinajstić information content (AvgIpc) is 2.80. The highest BCUT2D eigenvalue weighted by atomic mass is 127. The van der Waals surface area contributed by atoms with Crippen LogP contribution in [0.2, 0.25) is 0 Å². The molecule has 4 nitrogen and oxygen atoms in total. The summed E-state index contributed by atoms with van der Waals surface area (Å²) < 4.78 is 8.25. The summed E-state index contributed by atoms with van der Waals surface area (Å²) in [5.74, 6) is 2.15. The highest BCUT2D eigenvalue weighted by Crippen LogP contribution is 2.33. The summed E-state index contributed by atoms with van der Waals surface area (Å²) in [6, 6.07) is 1.88. The van der Waals surface area contributed by atoms with Gasteiger partial charge in [-0.15, -0.1) is 0 Å². The molecule has 0 aliphatic rings. The van der Waals surface area contributed by atoms with Crippen LogP contribution in [-0.2, 0) is 6.42 Å². The highest BCUT2D eigenvalue weighted by Gasteiger charge is 2.16. The zero-order valence-electron chi connectivity index (χ0n) is 11.8. The largest absolute Gasteiger partial charge is 0.445 e. The first-order valence-corrected chi connectivity index (χ1v) is 9.48. The Hall–Kier alpha value is -0.150. The number of aryl methyl sites for hydroxylation is 1. The number of aromatic nitrogens is 2. The maximum Gasteiger partial charge on any atom is 0.198 e. The second-order valence-electron chi connectivity index (χ2n) is 4.57. The average molecular weight is 529 g/mol. The van der Waals surface area contributed by atoms with Gasteiger partial charge in [-0.3, -0.25) is 0 Å². The van der Waals surface area contributed by atoms with Crippen molar-refractivity contribution in [3.63, 3.8) is 0 Å². The lowest BCUT2D eigenvalue weighted by Gasteiger charge is -2.11. The van der Waals surface area contributed by atoms with Crippen molar-refractivity contribution in [3.05, 3.63) is 24.5 Å². The molecular formula is C14H16Br2IN3O. The molecule has 0 bridgehead atoms. The summed E-state index contributed by atoms with van der Waals surface area (Å²) in [6.45, 7) is 5.18. The molecule has 0 amide bonds. The number of nitrogens with one attached hydrogen (secondary N) is 1. The van der Waals surface area contributed by atoms with Gasteiger partial charge in [0.15, 0.2) is 16.3 Å². The van der Waals surface area contributed by atoms with E-state index in [2.05, 4.69) is 83.6 Å². The molecule has 2 aromatic rings. The van der Waals surface area contributed by atoms with Crippen molar-refractivity contribution in [2.75, 3.05) is 11.9 Å². The molecule has 0 fully saturated rings. The fourth-order valence-corrected chi connectivity index (χ4v) is 3.10. The van der Waals surface area contributed by atoms with E-state index in [0.29, 0.717) is 16.3 Å². The topological polar surface area (TPSA) is 51.0 Å². The van der Waals surface area contributed by atoms with Crippen molar-refractivity contribution < 1.29 is 4.42 Å². The molecule has 1 N–H and O–H groups in total. The van der Waals surface area contributed by atoms with E-state index < -0.39 is 0 Å². The van der Waals surface area contributed by atoms with Crippen molar-refractivity contribution in [3.8, 4) is 11.6 Å². The van der Waals surface area contributed by atoms with Crippen LogP contribution < -0.4 is 5.32 Å². The molecule has 2 rings (SSSR count). The molecule has 0 atom stereocenters. The zero-order valence-corrected chi connectivity index (χ0v) is 17.2. The zero-order chi connectivity index (χ0) is 15.4. The van der Waals surface area contributed by atoms with Crippen molar-refractivity contribution in [1.82, 2.24) is 9.97 Å². The Bertz CT molecular complexity index is 611. The molecule has 0 aliphatic heterocycles. The minimum absolute atomic E-state index is 0.615. The van der Waals surface area contributed by atoms with E-state index in [-0.39, 0.29) is 0 Å². The molecule has 0 aliphatic carbocycles. The van der Waals surface area contributed by atoms with Gasteiger partial charge in [0.25, 0.3) is 0 Å². The van der Waals surface area contributed by atoms with Gasteiger partial charge in [0.05, 0.1) is 13.7 Å². The summed E-state index contributed by atoms with van der Waals surface area (Å²) >= 11 is 9.09. The number of halogens is 3. The van der Waals surface area contributed by atoms with Crippen LogP contribution in [0.1, 0.15) is 32.4 Å². The van der Waals surface area contributed by atoms with E-state index in [9.17, 15) is 0 Å². The minimum Gasteiger partial charge on any atom is -0.445 e. The van der Waals surface area contributed by atoms with Gasteiger partial charge in [-0.2, -0.15) is 0 Å². The number of furan rings is 1. The van der Waals surface area contributed by atoms with Crippen LogP contribution in [0.3, 0.4) is 0 Å². The van der Waals surface area contributed by atoms with Gasteiger partial charge < -0.3 is 9.73 Å². The Labute approximate surface area is 154 Å². The lowest BCUT2D eigenvalue weighted by Crippen LogP contribution is -2.09. The van der Waals surface area contributed by atoms with E-state index in [1.165, 1.54) is 0 Å². The third-order valence-corrected chi connectivity index (χ3v) is 5.66. The van der Waals surface area contributed by atoms with Crippen LogP contribution in [0, 0.1) is 3.57 Å². The van der Waals surface area contributed by atoms with E-state index in [1.807, 2.05) is 6.07 Å². The normalized spacial score (nSPS) is 10.9. The summed E-state index contributed by atoms with van der Waals surface area (Å²) in [4.78, 5) is 9.27. The van der Waals surface area contributed by atoms with E-state index in [4.69, 9.17) is 4.42 Å². The van der Waals surface area contributed by atoms with Crippen molar-refractivity contribution in [2.45, 2.75) is 33.1 Å². The third-order valence-electron chi connectivity index (χ3n) is 2.81. The fraction of sp³-hybridized carbons (Fsp3) is 0.429. The lowest BCUT2D eigenvalue weighted by molar-refractivity contribution is 0.549. The number of nitrogens with zero attached hydrogens (tertiary/aromatic N) is 2. The first-order valence-electron chi connectivity index (χ1n) is 6.82. The van der Waals surface area contributed by atoms with Crippen molar-refractivity contribution >= 4 is 60.3 Å². The number of hydrogen-bond donors (Lipinski definition) is 1. The molecule has 0 aromatic carbocycles. The predicted octanol–water partition coefficient (Wildman–Crippen LogP) is 5.64. The van der Waals surface area contributed by atoms with Crippen LogP contribution in [0.4, 0.5) is 5.82 Å².